The van der Waals surface area contributed by atoms with Gasteiger partial charge in [-0.1, -0.05) is 54.2 Å². The molecule has 0 saturated carbocycles. The lowest BCUT2D eigenvalue weighted by Gasteiger charge is -2.04. The molecule has 0 fully saturated rings. The lowest BCUT2D eigenvalue weighted by molar-refractivity contribution is -0.111. The lowest BCUT2D eigenvalue weighted by atomic mass is 10.2. The molecule has 2 aromatic rings. The van der Waals surface area contributed by atoms with Crippen LogP contribution in [0.4, 0.5) is 5.69 Å². The summed E-state index contributed by atoms with van der Waals surface area (Å²) in [6, 6.07) is 14.4. The quantitative estimate of drug-likeness (QED) is 0.669. The molecule has 5 heteroatoms. The zero-order valence-electron chi connectivity index (χ0n) is 11.0. The molecule has 0 aliphatic carbocycles. The van der Waals surface area contributed by atoms with Gasteiger partial charge in [-0.05, 0) is 29.8 Å². The normalized spacial score (nSPS) is 10.5. The van der Waals surface area contributed by atoms with Crippen LogP contribution in [0.5, 0.6) is 0 Å². The van der Waals surface area contributed by atoms with E-state index in [1.165, 1.54) is 6.08 Å². The highest BCUT2D eigenvalue weighted by Gasteiger charge is 2.01. The number of thiocarbonyl (C=S) groups is 1. The molecule has 0 aromatic heterocycles. The van der Waals surface area contributed by atoms with Gasteiger partial charge in [-0.2, -0.15) is 0 Å². The number of rotatable bonds is 4. The Morgan fingerprint density at radius 3 is 2.67 bits per heavy atom. The first-order valence-electron chi connectivity index (χ1n) is 6.20. The molecular weight excluding hydrogens is 304 g/mol. The van der Waals surface area contributed by atoms with Crippen LogP contribution < -0.4 is 11.1 Å². The van der Waals surface area contributed by atoms with Gasteiger partial charge in [-0.15, -0.1) is 0 Å². The second-order valence-corrected chi connectivity index (χ2v) is 5.14. The second-order valence-electron chi connectivity index (χ2n) is 4.29. The van der Waals surface area contributed by atoms with Crippen LogP contribution in [0.15, 0.2) is 54.6 Å². The minimum atomic E-state index is -0.255. The van der Waals surface area contributed by atoms with Crippen LogP contribution in [0.3, 0.4) is 0 Å². The Bertz CT molecular complexity index is 713. The highest BCUT2D eigenvalue weighted by atomic mass is 35.5. The molecule has 1 amide bonds. The maximum absolute atomic E-state index is 11.9. The summed E-state index contributed by atoms with van der Waals surface area (Å²) in [5, 5.41) is 3.34. The standard InChI is InChI=1S/C16H13ClN2OS/c17-14-7-2-1-4-11(14)8-9-15(20)19-13-6-3-5-12(10-13)16(18)21/h1-10H,(H2,18,21)(H,19,20). The molecule has 0 aliphatic rings. The van der Waals surface area contributed by atoms with Crippen molar-refractivity contribution < 1.29 is 4.79 Å². The van der Waals surface area contributed by atoms with E-state index in [1.54, 1.807) is 36.4 Å². The molecular formula is C16H13ClN2OS. The number of hydrogen-bond donors (Lipinski definition) is 2. The molecule has 106 valence electrons. The van der Waals surface area contributed by atoms with Crippen molar-refractivity contribution in [1.29, 1.82) is 0 Å². The summed E-state index contributed by atoms with van der Waals surface area (Å²) in [5.74, 6) is -0.255. The van der Waals surface area contributed by atoms with Crippen LogP contribution in [-0.2, 0) is 4.79 Å². The van der Waals surface area contributed by atoms with Gasteiger partial charge in [0.25, 0.3) is 0 Å². The average molecular weight is 317 g/mol. The van der Waals surface area contributed by atoms with E-state index >= 15 is 0 Å². The van der Waals surface area contributed by atoms with Gasteiger partial charge in [-0.3, -0.25) is 4.79 Å². The lowest BCUT2D eigenvalue weighted by Crippen LogP contribution is -2.11. The van der Waals surface area contributed by atoms with Gasteiger partial charge in [-0.25, -0.2) is 0 Å². The first-order chi connectivity index (χ1) is 10.1. The van der Waals surface area contributed by atoms with Gasteiger partial charge in [0.2, 0.25) is 5.91 Å². The van der Waals surface area contributed by atoms with Gasteiger partial charge in [0.05, 0.1) is 0 Å². The van der Waals surface area contributed by atoms with Crippen LogP contribution in [0.25, 0.3) is 6.08 Å². The fourth-order valence-electron chi connectivity index (χ4n) is 1.71. The summed E-state index contributed by atoms with van der Waals surface area (Å²) < 4.78 is 0. The number of anilines is 1. The number of amides is 1. The molecule has 2 rings (SSSR count). The smallest absolute Gasteiger partial charge is 0.248 e. The first-order valence-corrected chi connectivity index (χ1v) is 6.98. The van der Waals surface area contributed by atoms with E-state index in [4.69, 9.17) is 29.6 Å². The number of halogens is 1. The third-order valence-corrected chi connectivity index (χ3v) is 3.31. The third-order valence-electron chi connectivity index (χ3n) is 2.73. The van der Waals surface area contributed by atoms with Gasteiger partial charge in [0.15, 0.2) is 0 Å². The summed E-state index contributed by atoms with van der Waals surface area (Å²) in [5.41, 5.74) is 7.68. The number of nitrogens with two attached hydrogens (primary N) is 1. The molecule has 0 radical (unpaired) electrons. The van der Waals surface area contributed by atoms with E-state index in [-0.39, 0.29) is 10.9 Å². The van der Waals surface area contributed by atoms with Crippen molar-refractivity contribution in [2.24, 2.45) is 5.73 Å². The molecule has 0 spiro atoms. The Labute approximate surface area is 133 Å². The van der Waals surface area contributed by atoms with E-state index in [2.05, 4.69) is 5.32 Å². The van der Waals surface area contributed by atoms with Crippen molar-refractivity contribution in [2.45, 2.75) is 0 Å². The van der Waals surface area contributed by atoms with Crippen LogP contribution >= 0.6 is 23.8 Å². The summed E-state index contributed by atoms with van der Waals surface area (Å²) in [7, 11) is 0. The van der Waals surface area contributed by atoms with Crippen LogP contribution in [0, 0.1) is 0 Å². The van der Waals surface area contributed by atoms with E-state index in [0.29, 0.717) is 16.3 Å². The average Bonchev–Trinajstić information content (AvgIpc) is 2.46. The summed E-state index contributed by atoms with van der Waals surface area (Å²) in [4.78, 5) is 12.2. The zero-order chi connectivity index (χ0) is 15.2. The van der Waals surface area contributed by atoms with Crippen molar-refractivity contribution >= 4 is 46.5 Å². The molecule has 0 saturated heterocycles. The fraction of sp³-hybridized carbons (Fsp3) is 0. The number of carbonyl (C=O) groups excluding carboxylic acids is 1. The van der Waals surface area contributed by atoms with Crippen LogP contribution in [0.1, 0.15) is 11.1 Å². The molecule has 3 nitrogen and oxygen atoms in total. The van der Waals surface area contributed by atoms with Crippen molar-refractivity contribution in [3.63, 3.8) is 0 Å². The van der Waals surface area contributed by atoms with Crippen molar-refractivity contribution in [2.75, 3.05) is 5.32 Å². The highest BCUT2D eigenvalue weighted by Crippen LogP contribution is 2.16. The number of hydrogen-bond acceptors (Lipinski definition) is 2. The number of benzene rings is 2. The number of carbonyl (C=O) groups is 1. The fourth-order valence-corrected chi connectivity index (χ4v) is 2.04. The molecule has 0 aliphatic heterocycles. The Kier molecular flexibility index (Phi) is 5.09. The predicted molar refractivity (Wildman–Crippen MR) is 91.4 cm³/mol. The van der Waals surface area contributed by atoms with Gasteiger partial charge in [0, 0.05) is 22.3 Å². The number of nitrogens with one attached hydrogen (secondary N) is 1. The van der Waals surface area contributed by atoms with E-state index in [9.17, 15) is 4.79 Å². The Morgan fingerprint density at radius 2 is 1.95 bits per heavy atom. The summed E-state index contributed by atoms with van der Waals surface area (Å²) in [6.45, 7) is 0. The van der Waals surface area contributed by atoms with Crippen LogP contribution in [-0.4, -0.2) is 10.9 Å². The maximum atomic E-state index is 11.9. The molecule has 0 atom stereocenters. The van der Waals surface area contributed by atoms with E-state index in [1.807, 2.05) is 18.2 Å². The van der Waals surface area contributed by atoms with Gasteiger partial charge in [0.1, 0.15) is 4.99 Å². The molecule has 0 heterocycles. The van der Waals surface area contributed by atoms with E-state index < -0.39 is 0 Å². The maximum Gasteiger partial charge on any atom is 0.248 e. The highest BCUT2D eigenvalue weighted by molar-refractivity contribution is 7.80. The Morgan fingerprint density at radius 1 is 1.19 bits per heavy atom. The molecule has 21 heavy (non-hydrogen) atoms. The first kappa shape index (κ1) is 15.2. The van der Waals surface area contributed by atoms with E-state index in [0.717, 1.165) is 5.56 Å². The minimum Gasteiger partial charge on any atom is -0.389 e. The topological polar surface area (TPSA) is 55.1 Å². The largest absolute Gasteiger partial charge is 0.389 e. The minimum absolute atomic E-state index is 0.255. The second kappa shape index (κ2) is 7.02. The molecule has 0 unspecified atom stereocenters. The summed E-state index contributed by atoms with van der Waals surface area (Å²) >= 11 is 10.9. The van der Waals surface area contributed by atoms with Crippen molar-refractivity contribution in [1.82, 2.24) is 0 Å². The Balaban J connectivity index is 2.07. The predicted octanol–water partition coefficient (Wildman–Crippen LogP) is 3.63. The van der Waals surface area contributed by atoms with Gasteiger partial charge < -0.3 is 11.1 Å². The monoisotopic (exact) mass is 316 g/mol. The third kappa shape index (κ3) is 4.41. The van der Waals surface area contributed by atoms with Gasteiger partial charge >= 0.3 is 0 Å². The molecule has 0 bridgehead atoms. The van der Waals surface area contributed by atoms with Crippen molar-refractivity contribution in [3.05, 3.63) is 70.8 Å². The molecule has 3 N–H and O–H groups in total. The Hall–Kier alpha value is -2.17. The molecule has 2 aromatic carbocycles. The SMILES string of the molecule is NC(=S)c1cccc(NC(=O)C=Cc2ccccc2Cl)c1. The van der Waals surface area contributed by atoms with Crippen LogP contribution in [0.2, 0.25) is 5.02 Å². The van der Waals surface area contributed by atoms with Crippen molar-refractivity contribution in [3.8, 4) is 0 Å². The zero-order valence-corrected chi connectivity index (χ0v) is 12.6. The summed E-state index contributed by atoms with van der Waals surface area (Å²) in [6.07, 6.45) is 3.09.